The predicted molar refractivity (Wildman–Crippen MR) is 110 cm³/mol. The average molecular weight is 379 g/mol. The van der Waals surface area contributed by atoms with Gasteiger partial charge in [-0.2, -0.15) is 0 Å². The van der Waals surface area contributed by atoms with Crippen LogP contribution in [0.2, 0.25) is 0 Å². The maximum absolute atomic E-state index is 13.3. The van der Waals surface area contributed by atoms with Gasteiger partial charge in [0.1, 0.15) is 0 Å². The maximum Gasteiger partial charge on any atom is 0.209 e. The van der Waals surface area contributed by atoms with Crippen molar-refractivity contribution in [2.45, 2.75) is 19.9 Å². The Morgan fingerprint density at radius 1 is 0.893 bits per heavy atom. The van der Waals surface area contributed by atoms with Crippen LogP contribution in [0.1, 0.15) is 29.4 Å². The molecule has 0 spiro atoms. The molecule has 0 bridgehead atoms. The van der Waals surface area contributed by atoms with Gasteiger partial charge < -0.3 is 18.8 Å². The summed E-state index contributed by atoms with van der Waals surface area (Å²) >= 11 is 0. The minimum atomic E-state index is -0.0881. The first-order chi connectivity index (χ1) is 13.6. The Hall–Kier alpha value is -3.21. The third-order valence-corrected chi connectivity index (χ3v) is 4.63. The lowest BCUT2D eigenvalue weighted by atomic mass is 10.0. The molecule has 3 aromatic rings. The first kappa shape index (κ1) is 19.5. The van der Waals surface area contributed by atoms with Crippen LogP contribution in [-0.4, -0.2) is 31.7 Å². The molecule has 2 aromatic carbocycles. The Bertz CT molecular complexity index is 935. The molecule has 1 heterocycles. The summed E-state index contributed by atoms with van der Waals surface area (Å²) in [6.07, 6.45) is 2.96. The Balaban J connectivity index is 2.08. The van der Waals surface area contributed by atoms with Gasteiger partial charge in [-0.1, -0.05) is 37.3 Å². The van der Waals surface area contributed by atoms with Crippen LogP contribution in [0, 0.1) is 0 Å². The topological polar surface area (TPSA) is 49.7 Å². The monoisotopic (exact) mass is 379 g/mol. The van der Waals surface area contributed by atoms with Gasteiger partial charge >= 0.3 is 0 Å². The van der Waals surface area contributed by atoms with Gasteiger partial charge in [0.15, 0.2) is 11.5 Å². The molecule has 0 radical (unpaired) electrons. The molecule has 0 aliphatic heterocycles. The minimum absolute atomic E-state index is 0.0881. The van der Waals surface area contributed by atoms with E-state index in [4.69, 9.17) is 14.2 Å². The third-order valence-electron chi connectivity index (χ3n) is 4.63. The Morgan fingerprint density at radius 3 is 2.07 bits per heavy atom. The second-order valence-electron chi connectivity index (χ2n) is 6.42. The summed E-state index contributed by atoms with van der Waals surface area (Å²) in [6, 6.07) is 15.4. The molecule has 0 aliphatic rings. The molecular weight excluding hydrogens is 354 g/mol. The second-order valence-corrected chi connectivity index (χ2v) is 6.42. The molecule has 0 aliphatic carbocycles. The summed E-state index contributed by atoms with van der Waals surface area (Å²) in [7, 11) is 4.62. The van der Waals surface area contributed by atoms with Crippen LogP contribution in [0.3, 0.4) is 0 Å². The largest absolute Gasteiger partial charge is 0.493 e. The molecule has 1 aromatic heterocycles. The van der Waals surface area contributed by atoms with Crippen molar-refractivity contribution < 1.29 is 19.0 Å². The van der Waals surface area contributed by atoms with E-state index in [-0.39, 0.29) is 5.78 Å². The molecule has 3 rings (SSSR count). The maximum atomic E-state index is 13.3. The second kappa shape index (κ2) is 8.65. The molecule has 5 heteroatoms. The molecule has 146 valence electrons. The fourth-order valence-electron chi connectivity index (χ4n) is 3.28. The zero-order chi connectivity index (χ0) is 20.1. The normalized spacial score (nSPS) is 10.6. The van der Waals surface area contributed by atoms with Crippen LogP contribution in [0.15, 0.2) is 54.7 Å². The van der Waals surface area contributed by atoms with Gasteiger partial charge in [-0.3, -0.25) is 4.79 Å². The summed E-state index contributed by atoms with van der Waals surface area (Å²) in [5, 5.41) is 0. The predicted octanol–water partition coefficient (Wildman–Crippen LogP) is 4.82. The molecule has 0 saturated heterocycles. The van der Waals surface area contributed by atoms with E-state index < -0.39 is 0 Å². The Kier molecular flexibility index (Phi) is 6.04. The van der Waals surface area contributed by atoms with Crippen molar-refractivity contribution in [2.24, 2.45) is 0 Å². The fourth-order valence-corrected chi connectivity index (χ4v) is 3.28. The van der Waals surface area contributed by atoms with E-state index in [1.807, 2.05) is 47.2 Å². The van der Waals surface area contributed by atoms with Crippen molar-refractivity contribution in [1.82, 2.24) is 4.57 Å². The van der Waals surface area contributed by atoms with Crippen molar-refractivity contribution >= 4 is 5.78 Å². The highest BCUT2D eigenvalue weighted by Crippen LogP contribution is 2.39. The van der Waals surface area contributed by atoms with Crippen LogP contribution < -0.4 is 14.2 Å². The lowest BCUT2D eigenvalue weighted by Crippen LogP contribution is -2.10. The number of ketones is 1. The van der Waals surface area contributed by atoms with E-state index in [0.29, 0.717) is 28.5 Å². The van der Waals surface area contributed by atoms with Gasteiger partial charge in [0.05, 0.1) is 27.0 Å². The molecule has 0 atom stereocenters. The Morgan fingerprint density at radius 2 is 1.54 bits per heavy atom. The van der Waals surface area contributed by atoms with Crippen molar-refractivity contribution in [3.8, 4) is 28.4 Å². The van der Waals surface area contributed by atoms with Gasteiger partial charge in [-0.05, 0) is 30.2 Å². The van der Waals surface area contributed by atoms with E-state index in [1.165, 1.54) is 0 Å². The summed E-state index contributed by atoms with van der Waals surface area (Å²) in [4.78, 5) is 13.3. The minimum Gasteiger partial charge on any atom is -0.493 e. The SMILES string of the molecule is CCCn1cc(-c2ccccc2)cc1C(=O)c1cc(OC)c(OC)c(OC)c1. The quantitative estimate of drug-likeness (QED) is 0.527. The number of rotatable bonds is 8. The molecule has 5 nitrogen and oxygen atoms in total. The Labute approximate surface area is 165 Å². The highest BCUT2D eigenvalue weighted by molar-refractivity contribution is 6.09. The first-order valence-electron chi connectivity index (χ1n) is 9.23. The van der Waals surface area contributed by atoms with Crippen molar-refractivity contribution in [3.63, 3.8) is 0 Å². The summed E-state index contributed by atoms with van der Waals surface area (Å²) in [5.41, 5.74) is 3.22. The zero-order valence-corrected chi connectivity index (χ0v) is 16.7. The number of carbonyl (C=O) groups excluding carboxylic acids is 1. The van der Waals surface area contributed by atoms with Crippen molar-refractivity contribution in [3.05, 3.63) is 66.0 Å². The van der Waals surface area contributed by atoms with Gasteiger partial charge in [-0.15, -0.1) is 0 Å². The number of hydrogen-bond acceptors (Lipinski definition) is 4. The number of aromatic nitrogens is 1. The van der Waals surface area contributed by atoms with Crippen LogP contribution in [0.25, 0.3) is 11.1 Å². The zero-order valence-electron chi connectivity index (χ0n) is 16.7. The van der Waals surface area contributed by atoms with E-state index in [9.17, 15) is 4.79 Å². The first-order valence-corrected chi connectivity index (χ1v) is 9.23. The smallest absolute Gasteiger partial charge is 0.209 e. The van der Waals surface area contributed by atoms with E-state index in [2.05, 4.69) is 6.92 Å². The molecule has 0 unspecified atom stereocenters. The van der Waals surface area contributed by atoms with Gasteiger partial charge in [0.2, 0.25) is 11.5 Å². The number of ether oxygens (including phenoxy) is 3. The van der Waals surface area contributed by atoms with Crippen LogP contribution in [0.4, 0.5) is 0 Å². The van der Waals surface area contributed by atoms with Crippen LogP contribution in [0.5, 0.6) is 17.2 Å². The lowest BCUT2D eigenvalue weighted by Gasteiger charge is -2.14. The number of methoxy groups -OCH3 is 3. The highest BCUT2D eigenvalue weighted by Gasteiger charge is 2.21. The molecular formula is C23H25NO4. The van der Waals surface area contributed by atoms with Gasteiger partial charge in [-0.25, -0.2) is 0 Å². The van der Waals surface area contributed by atoms with Crippen molar-refractivity contribution in [2.75, 3.05) is 21.3 Å². The average Bonchev–Trinajstić information content (AvgIpc) is 3.16. The number of benzene rings is 2. The lowest BCUT2D eigenvalue weighted by molar-refractivity contribution is 0.102. The van der Waals surface area contributed by atoms with Crippen molar-refractivity contribution in [1.29, 1.82) is 0 Å². The van der Waals surface area contributed by atoms with E-state index >= 15 is 0 Å². The third kappa shape index (κ3) is 3.74. The molecule has 0 N–H and O–H groups in total. The van der Waals surface area contributed by atoms with Crippen LogP contribution in [-0.2, 0) is 6.54 Å². The number of carbonyl (C=O) groups is 1. The van der Waals surface area contributed by atoms with Crippen LogP contribution >= 0.6 is 0 Å². The number of nitrogens with zero attached hydrogens (tertiary/aromatic N) is 1. The molecule has 0 saturated carbocycles. The standard InChI is InChI=1S/C23H25NO4/c1-5-11-24-15-18(16-9-7-6-8-10-16)12-19(24)22(25)17-13-20(26-2)23(28-4)21(14-17)27-3/h6-10,12-15H,5,11H2,1-4H3. The highest BCUT2D eigenvalue weighted by atomic mass is 16.5. The fraction of sp³-hybridized carbons (Fsp3) is 0.261. The summed E-state index contributed by atoms with van der Waals surface area (Å²) in [5.74, 6) is 1.30. The molecule has 0 amide bonds. The van der Waals surface area contributed by atoms with E-state index in [1.54, 1.807) is 33.5 Å². The summed E-state index contributed by atoms with van der Waals surface area (Å²) in [6.45, 7) is 2.86. The van der Waals surface area contributed by atoms with Gasteiger partial charge in [0, 0.05) is 23.9 Å². The van der Waals surface area contributed by atoms with Gasteiger partial charge in [0.25, 0.3) is 0 Å². The molecule has 0 fully saturated rings. The summed E-state index contributed by atoms with van der Waals surface area (Å²) < 4.78 is 18.2. The molecule has 28 heavy (non-hydrogen) atoms. The van der Waals surface area contributed by atoms with E-state index in [0.717, 1.165) is 24.1 Å². The number of aryl methyl sites for hydroxylation is 1. The number of hydrogen-bond donors (Lipinski definition) is 0.